The van der Waals surface area contributed by atoms with Crippen LogP contribution in [0, 0.1) is 5.92 Å². The Bertz CT molecular complexity index is 685. The maximum absolute atomic E-state index is 6.29. The Morgan fingerprint density at radius 2 is 2.12 bits per heavy atom. The van der Waals surface area contributed by atoms with Gasteiger partial charge in [0.05, 0.1) is 19.8 Å². The molecule has 1 spiro atoms. The average Bonchev–Trinajstić information content (AvgIpc) is 2.97. The van der Waals surface area contributed by atoms with Gasteiger partial charge in [-0.1, -0.05) is 6.07 Å². The molecule has 0 saturated carbocycles. The zero-order valence-electron chi connectivity index (χ0n) is 15.0. The van der Waals surface area contributed by atoms with Gasteiger partial charge in [0, 0.05) is 50.7 Å². The van der Waals surface area contributed by atoms with E-state index < -0.39 is 0 Å². The highest BCUT2D eigenvalue weighted by molar-refractivity contribution is 5.33. The molecule has 1 N–H and O–H groups in total. The molecule has 2 aliphatic heterocycles. The lowest BCUT2D eigenvalue weighted by Crippen LogP contribution is -2.43. The summed E-state index contributed by atoms with van der Waals surface area (Å²) in [5, 5.41) is 3.42. The molecular formula is C20H26N4O2. The molecule has 0 bridgehead atoms. The van der Waals surface area contributed by atoms with E-state index in [9.17, 15) is 0 Å². The third-order valence-corrected chi connectivity index (χ3v) is 5.11. The van der Waals surface area contributed by atoms with Gasteiger partial charge in [-0.25, -0.2) is 4.98 Å². The first kappa shape index (κ1) is 17.4. The van der Waals surface area contributed by atoms with Crippen LogP contribution in [-0.4, -0.2) is 59.9 Å². The molecule has 2 saturated heterocycles. The van der Waals surface area contributed by atoms with Crippen molar-refractivity contribution in [2.75, 3.05) is 44.8 Å². The molecule has 0 unspecified atom stereocenters. The Morgan fingerprint density at radius 3 is 2.96 bits per heavy atom. The Morgan fingerprint density at radius 1 is 1.19 bits per heavy atom. The van der Waals surface area contributed by atoms with Gasteiger partial charge in [-0.3, -0.25) is 9.88 Å². The van der Waals surface area contributed by atoms with E-state index in [0.29, 0.717) is 12.5 Å². The number of aromatic nitrogens is 2. The van der Waals surface area contributed by atoms with Crippen molar-refractivity contribution in [2.45, 2.75) is 18.6 Å². The lowest BCUT2D eigenvalue weighted by molar-refractivity contribution is -0.0562. The predicted octanol–water partition coefficient (Wildman–Crippen LogP) is 2.20. The second kappa shape index (κ2) is 8.12. The van der Waals surface area contributed by atoms with Crippen LogP contribution in [0.5, 0.6) is 0 Å². The van der Waals surface area contributed by atoms with Crippen LogP contribution in [0.15, 0.2) is 48.9 Å². The maximum atomic E-state index is 6.29. The van der Waals surface area contributed by atoms with E-state index >= 15 is 0 Å². The minimum atomic E-state index is -0.194. The summed E-state index contributed by atoms with van der Waals surface area (Å²) in [6.07, 6.45) is 6.53. The van der Waals surface area contributed by atoms with Crippen LogP contribution in [0.3, 0.4) is 0 Å². The molecule has 2 aromatic rings. The number of hydrogen-bond acceptors (Lipinski definition) is 6. The number of ether oxygens (including phenoxy) is 2. The van der Waals surface area contributed by atoms with Crippen molar-refractivity contribution in [3.05, 3.63) is 54.5 Å². The third kappa shape index (κ3) is 4.38. The number of anilines is 1. The smallest absolute Gasteiger partial charge is 0.125 e. The molecule has 6 nitrogen and oxygen atoms in total. The zero-order valence-corrected chi connectivity index (χ0v) is 15.0. The van der Waals surface area contributed by atoms with Crippen LogP contribution < -0.4 is 5.32 Å². The first-order valence-electron chi connectivity index (χ1n) is 9.29. The summed E-state index contributed by atoms with van der Waals surface area (Å²) in [5.41, 5.74) is 1.09. The molecule has 0 aromatic carbocycles. The average molecular weight is 354 g/mol. The molecule has 0 amide bonds. The van der Waals surface area contributed by atoms with Crippen molar-refractivity contribution < 1.29 is 9.47 Å². The van der Waals surface area contributed by atoms with Gasteiger partial charge in [0.25, 0.3) is 0 Å². The fourth-order valence-electron chi connectivity index (χ4n) is 3.86. The topological polar surface area (TPSA) is 59.5 Å². The summed E-state index contributed by atoms with van der Waals surface area (Å²) in [5.74, 6) is 1.39. The van der Waals surface area contributed by atoms with Crippen molar-refractivity contribution >= 4 is 5.82 Å². The Hall–Kier alpha value is -2.02. The molecule has 4 heterocycles. The van der Waals surface area contributed by atoms with E-state index in [0.717, 1.165) is 51.6 Å². The lowest BCUT2D eigenvalue weighted by Gasteiger charge is -2.31. The molecule has 6 heteroatoms. The highest BCUT2D eigenvalue weighted by Crippen LogP contribution is 2.33. The van der Waals surface area contributed by atoms with Crippen molar-refractivity contribution in [3.63, 3.8) is 0 Å². The van der Waals surface area contributed by atoms with Crippen LogP contribution in [0.2, 0.25) is 0 Å². The van der Waals surface area contributed by atoms with Gasteiger partial charge in [0.15, 0.2) is 0 Å². The number of nitrogens with zero attached hydrogens (tertiary/aromatic N) is 3. The quantitative estimate of drug-likeness (QED) is 0.888. The number of nitrogens with one attached hydrogen (secondary N) is 1. The molecule has 2 aromatic heterocycles. The minimum absolute atomic E-state index is 0.194. The van der Waals surface area contributed by atoms with Crippen molar-refractivity contribution in [2.24, 2.45) is 5.92 Å². The van der Waals surface area contributed by atoms with E-state index in [1.165, 1.54) is 5.56 Å². The number of hydrogen-bond donors (Lipinski definition) is 1. The van der Waals surface area contributed by atoms with Crippen molar-refractivity contribution in [1.29, 1.82) is 0 Å². The molecular weight excluding hydrogens is 328 g/mol. The SMILES string of the molecule is c1ccc(NC[C@@H]2CO[C@]3(COCCN(Cc4ccncc4)C3)C2)nc1. The molecule has 26 heavy (non-hydrogen) atoms. The molecule has 2 aliphatic rings. The van der Waals surface area contributed by atoms with Gasteiger partial charge < -0.3 is 14.8 Å². The molecule has 0 radical (unpaired) electrons. The summed E-state index contributed by atoms with van der Waals surface area (Å²) >= 11 is 0. The van der Waals surface area contributed by atoms with Gasteiger partial charge >= 0.3 is 0 Å². The Kier molecular flexibility index (Phi) is 5.43. The zero-order chi connectivity index (χ0) is 17.7. The lowest BCUT2D eigenvalue weighted by atomic mass is 9.94. The number of pyridine rings is 2. The summed E-state index contributed by atoms with van der Waals surface area (Å²) in [6, 6.07) is 10.1. The van der Waals surface area contributed by atoms with Crippen LogP contribution in [0.1, 0.15) is 12.0 Å². The minimum Gasteiger partial charge on any atom is -0.377 e. The molecule has 4 rings (SSSR count). The van der Waals surface area contributed by atoms with E-state index in [1.807, 2.05) is 36.8 Å². The monoisotopic (exact) mass is 354 g/mol. The highest BCUT2D eigenvalue weighted by atomic mass is 16.5. The van der Waals surface area contributed by atoms with Crippen LogP contribution in [0.4, 0.5) is 5.82 Å². The van der Waals surface area contributed by atoms with E-state index in [1.54, 1.807) is 0 Å². The van der Waals surface area contributed by atoms with Crippen molar-refractivity contribution in [1.82, 2.24) is 14.9 Å². The Balaban J connectivity index is 1.34. The highest BCUT2D eigenvalue weighted by Gasteiger charge is 2.43. The predicted molar refractivity (Wildman–Crippen MR) is 99.8 cm³/mol. The van der Waals surface area contributed by atoms with E-state index in [4.69, 9.17) is 9.47 Å². The largest absolute Gasteiger partial charge is 0.377 e. The van der Waals surface area contributed by atoms with Gasteiger partial charge in [-0.15, -0.1) is 0 Å². The Labute approximate surface area is 154 Å². The van der Waals surface area contributed by atoms with Gasteiger partial charge in [0.1, 0.15) is 11.4 Å². The van der Waals surface area contributed by atoms with Gasteiger partial charge in [-0.05, 0) is 36.2 Å². The third-order valence-electron chi connectivity index (χ3n) is 5.11. The molecule has 0 aliphatic carbocycles. The van der Waals surface area contributed by atoms with Crippen LogP contribution >= 0.6 is 0 Å². The van der Waals surface area contributed by atoms with E-state index in [-0.39, 0.29) is 5.60 Å². The van der Waals surface area contributed by atoms with Crippen LogP contribution in [-0.2, 0) is 16.0 Å². The second-order valence-corrected chi connectivity index (χ2v) is 7.28. The summed E-state index contributed by atoms with van der Waals surface area (Å²) in [7, 11) is 0. The normalized spacial score (nSPS) is 26.7. The second-order valence-electron chi connectivity index (χ2n) is 7.28. The standard InChI is InChI=1S/C20H26N4O2/c1-2-6-22-19(3-1)23-12-18-11-20(26-14-18)15-24(9-10-25-16-20)13-17-4-7-21-8-5-17/h1-8,18H,9-16H2,(H,22,23)/t18-,20-/m1/s1. The molecule has 138 valence electrons. The summed E-state index contributed by atoms with van der Waals surface area (Å²) in [6.45, 7) is 5.84. The van der Waals surface area contributed by atoms with E-state index in [2.05, 4.69) is 32.3 Å². The molecule has 2 atom stereocenters. The summed E-state index contributed by atoms with van der Waals surface area (Å²) in [4.78, 5) is 10.9. The maximum Gasteiger partial charge on any atom is 0.125 e. The van der Waals surface area contributed by atoms with Gasteiger partial charge in [-0.2, -0.15) is 0 Å². The fourth-order valence-corrected chi connectivity index (χ4v) is 3.86. The van der Waals surface area contributed by atoms with Crippen LogP contribution in [0.25, 0.3) is 0 Å². The first-order valence-corrected chi connectivity index (χ1v) is 9.29. The number of rotatable bonds is 5. The van der Waals surface area contributed by atoms with Crippen molar-refractivity contribution in [3.8, 4) is 0 Å². The summed E-state index contributed by atoms with van der Waals surface area (Å²) < 4.78 is 12.2. The molecule has 2 fully saturated rings. The van der Waals surface area contributed by atoms with Gasteiger partial charge in [0.2, 0.25) is 0 Å². The first-order chi connectivity index (χ1) is 12.8. The fraction of sp³-hybridized carbons (Fsp3) is 0.500.